The predicted octanol–water partition coefficient (Wildman–Crippen LogP) is 1.60. The fourth-order valence-electron chi connectivity index (χ4n) is 1.60. The summed E-state index contributed by atoms with van der Waals surface area (Å²) in [6.45, 7) is 4.42. The Morgan fingerprint density at radius 2 is 2.18 bits per heavy atom. The van der Waals surface area contributed by atoms with E-state index < -0.39 is 5.97 Å². The van der Waals surface area contributed by atoms with Gasteiger partial charge in [0.2, 0.25) is 0 Å². The number of aliphatic hydroxyl groups is 1. The molecule has 0 amide bonds. The van der Waals surface area contributed by atoms with Gasteiger partial charge in [-0.05, 0) is 31.4 Å². The summed E-state index contributed by atoms with van der Waals surface area (Å²) >= 11 is 0. The van der Waals surface area contributed by atoms with Crippen LogP contribution in [0.2, 0.25) is 0 Å². The molecule has 0 aliphatic rings. The van der Waals surface area contributed by atoms with Gasteiger partial charge in [0, 0.05) is 6.54 Å². The van der Waals surface area contributed by atoms with Crippen molar-refractivity contribution in [3.63, 3.8) is 0 Å². The van der Waals surface area contributed by atoms with Crippen molar-refractivity contribution in [1.82, 2.24) is 4.98 Å². The molecule has 17 heavy (non-hydrogen) atoms. The Labute approximate surface area is 101 Å². The molecule has 1 aromatic rings. The molecule has 5 heteroatoms. The van der Waals surface area contributed by atoms with Crippen LogP contribution < -0.4 is 5.32 Å². The summed E-state index contributed by atoms with van der Waals surface area (Å²) in [5, 5.41) is 21.1. The molecule has 5 nitrogen and oxygen atoms in total. The Morgan fingerprint density at radius 3 is 2.76 bits per heavy atom. The smallest absolute Gasteiger partial charge is 0.354 e. The van der Waals surface area contributed by atoms with E-state index in [0.29, 0.717) is 24.7 Å². The molecular formula is C12H18N2O3. The summed E-state index contributed by atoms with van der Waals surface area (Å²) in [5.74, 6) is -0.196. The highest BCUT2D eigenvalue weighted by Crippen LogP contribution is 2.09. The van der Waals surface area contributed by atoms with Gasteiger partial charge in [0.05, 0.1) is 6.10 Å². The monoisotopic (exact) mass is 238 g/mol. The van der Waals surface area contributed by atoms with Gasteiger partial charge in [-0.25, -0.2) is 9.78 Å². The fraction of sp³-hybridized carbons (Fsp3) is 0.500. The zero-order chi connectivity index (χ0) is 12.8. The molecule has 2 atom stereocenters. The molecule has 0 saturated heterocycles. The second-order valence-corrected chi connectivity index (χ2v) is 4.28. The lowest BCUT2D eigenvalue weighted by atomic mass is 10.1. The number of hydrogen-bond acceptors (Lipinski definition) is 4. The minimum atomic E-state index is -1.04. The molecular weight excluding hydrogens is 220 g/mol. The van der Waals surface area contributed by atoms with E-state index >= 15 is 0 Å². The molecule has 0 aliphatic heterocycles. The number of carboxylic acids is 1. The zero-order valence-electron chi connectivity index (χ0n) is 10.1. The zero-order valence-corrected chi connectivity index (χ0v) is 10.1. The lowest BCUT2D eigenvalue weighted by Crippen LogP contribution is -2.17. The lowest BCUT2D eigenvalue weighted by molar-refractivity contribution is 0.0690. The number of carboxylic acid groups (broad SMARTS) is 1. The van der Waals surface area contributed by atoms with E-state index in [0.717, 1.165) is 0 Å². The number of aromatic carboxylic acids is 1. The first-order valence-corrected chi connectivity index (χ1v) is 5.61. The second-order valence-electron chi connectivity index (χ2n) is 4.28. The van der Waals surface area contributed by atoms with Crippen molar-refractivity contribution in [1.29, 1.82) is 0 Å². The van der Waals surface area contributed by atoms with Crippen LogP contribution in [0.5, 0.6) is 0 Å². The molecule has 1 rings (SSSR count). The average Bonchev–Trinajstić information content (AvgIpc) is 2.26. The van der Waals surface area contributed by atoms with Gasteiger partial charge in [-0.2, -0.15) is 0 Å². The Balaban J connectivity index is 2.51. The van der Waals surface area contributed by atoms with Crippen molar-refractivity contribution in [3.05, 3.63) is 23.9 Å². The van der Waals surface area contributed by atoms with Crippen LogP contribution in [0, 0.1) is 5.92 Å². The lowest BCUT2D eigenvalue weighted by Gasteiger charge is -2.14. The maximum absolute atomic E-state index is 10.7. The molecule has 1 aromatic heterocycles. The van der Waals surface area contributed by atoms with E-state index in [2.05, 4.69) is 10.3 Å². The first-order chi connectivity index (χ1) is 7.99. The highest BCUT2D eigenvalue weighted by molar-refractivity contribution is 5.85. The molecule has 0 radical (unpaired) electrons. The number of carbonyl (C=O) groups is 1. The molecule has 0 saturated carbocycles. The Kier molecular flexibility index (Phi) is 4.90. The van der Waals surface area contributed by atoms with Crippen LogP contribution in [0.3, 0.4) is 0 Å². The maximum atomic E-state index is 10.7. The summed E-state index contributed by atoms with van der Waals surface area (Å²) in [7, 11) is 0. The highest BCUT2D eigenvalue weighted by atomic mass is 16.4. The summed E-state index contributed by atoms with van der Waals surface area (Å²) in [6.07, 6.45) is 0.371. The molecule has 1 heterocycles. The first kappa shape index (κ1) is 13.4. The van der Waals surface area contributed by atoms with E-state index in [-0.39, 0.29) is 11.8 Å². The number of nitrogens with one attached hydrogen (secondary N) is 1. The molecule has 2 unspecified atom stereocenters. The van der Waals surface area contributed by atoms with E-state index in [1.807, 2.05) is 6.92 Å². The molecule has 3 N–H and O–H groups in total. The number of hydrogen-bond donors (Lipinski definition) is 3. The van der Waals surface area contributed by atoms with Gasteiger partial charge in [0.15, 0.2) is 5.69 Å². The highest BCUT2D eigenvalue weighted by Gasteiger charge is 2.08. The number of nitrogens with zero attached hydrogens (tertiary/aromatic N) is 1. The Morgan fingerprint density at radius 1 is 1.47 bits per heavy atom. The van der Waals surface area contributed by atoms with Crippen LogP contribution in [-0.2, 0) is 0 Å². The van der Waals surface area contributed by atoms with E-state index in [1.54, 1.807) is 19.1 Å². The quantitative estimate of drug-likeness (QED) is 0.701. The standard InChI is InChI=1S/C12H18N2O3/c1-8(6-9(2)15)7-13-11-5-3-4-10(14-11)12(16)17/h3-5,8-9,15H,6-7H2,1-2H3,(H,13,14)(H,16,17). The van der Waals surface area contributed by atoms with Crippen LogP contribution in [-0.4, -0.2) is 33.8 Å². The SMILES string of the molecule is CC(O)CC(C)CNc1cccc(C(=O)O)n1. The number of rotatable bonds is 6. The average molecular weight is 238 g/mol. The van der Waals surface area contributed by atoms with E-state index in [4.69, 9.17) is 5.11 Å². The van der Waals surface area contributed by atoms with Crippen LogP contribution >= 0.6 is 0 Å². The van der Waals surface area contributed by atoms with Gasteiger partial charge in [-0.3, -0.25) is 0 Å². The minimum absolute atomic E-state index is 0.0261. The Bertz CT molecular complexity index is 380. The molecule has 0 fully saturated rings. The number of anilines is 1. The third-order valence-corrected chi connectivity index (χ3v) is 2.34. The van der Waals surface area contributed by atoms with Crippen molar-refractivity contribution in [3.8, 4) is 0 Å². The van der Waals surface area contributed by atoms with Crippen molar-refractivity contribution in [2.24, 2.45) is 5.92 Å². The molecule has 0 aromatic carbocycles. The first-order valence-electron chi connectivity index (χ1n) is 5.61. The largest absolute Gasteiger partial charge is 0.477 e. The van der Waals surface area contributed by atoms with Gasteiger partial charge in [0.25, 0.3) is 0 Å². The second kappa shape index (κ2) is 6.20. The minimum Gasteiger partial charge on any atom is -0.477 e. The topological polar surface area (TPSA) is 82.5 Å². The summed E-state index contributed by atoms with van der Waals surface area (Å²) in [6, 6.07) is 4.83. The maximum Gasteiger partial charge on any atom is 0.354 e. The van der Waals surface area contributed by atoms with Crippen molar-refractivity contribution in [2.45, 2.75) is 26.4 Å². The summed E-state index contributed by atoms with van der Waals surface area (Å²) in [5.41, 5.74) is 0.0261. The predicted molar refractivity (Wildman–Crippen MR) is 65.1 cm³/mol. The number of aliphatic hydroxyl groups excluding tert-OH is 1. The number of pyridine rings is 1. The van der Waals surface area contributed by atoms with Gasteiger partial charge in [0.1, 0.15) is 5.82 Å². The number of aromatic nitrogens is 1. The van der Waals surface area contributed by atoms with Crippen molar-refractivity contribution in [2.75, 3.05) is 11.9 Å². The third kappa shape index (κ3) is 4.82. The van der Waals surface area contributed by atoms with Gasteiger partial charge in [-0.1, -0.05) is 13.0 Å². The summed E-state index contributed by atoms with van der Waals surface area (Å²) < 4.78 is 0. The molecule has 0 spiro atoms. The van der Waals surface area contributed by atoms with Crippen molar-refractivity contribution >= 4 is 11.8 Å². The Hall–Kier alpha value is -1.62. The van der Waals surface area contributed by atoms with E-state index in [9.17, 15) is 9.90 Å². The van der Waals surface area contributed by atoms with E-state index in [1.165, 1.54) is 6.07 Å². The van der Waals surface area contributed by atoms with Gasteiger partial charge < -0.3 is 15.5 Å². The van der Waals surface area contributed by atoms with Crippen LogP contribution in [0.1, 0.15) is 30.8 Å². The van der Waals surface area contributed by atoms with Gasteiger partial charge >= 0.3 is 5.97 Å². The van der Waals surface area contributed by atoms with Crippen LogP contribution in [0.25, 0.3) is 0 Å². The van der Waals surface area contributed by atoms with Gasteiger partial charge in [-0.15, -0.1) is 0 Å². The van der Waals surface area contributed by atoms with Crippen LogP contribution in [0.15, 0.2) is 18.2 Å². The normalized spacial score (nSPS) is 14.1. The van der Waals surface area contributed by atoms with Crippen molar-refractivity contribution < 1.29 is 15.0 Å². The fourth-order valence-corrected chi connectivity index (χ4v) is 1.60. The molecule has 94 valence electrons. The third-order valence-electron chi connectivity index (χ3n) is 2.34. The molecule has 0 aliphatic carbocycles. The van der Waals surface area contributed by atoms with Crippen LogP contribution in [0.4, 0.5) is 5.82 Å². The summed E-state index contributed by atoms with van der Waals surface area (Å²) in [4.78, 5) is 14.7. The molecule has 0 bridgehead atoms.